The molecule has 0 spiro atoms. The Labute approximate surface area is 230 Å². The first-order valence-corrected chi connectivity index (χ1v) is 12.4. The standard InChI is InChI=1S/C27H24F4N6O4/c1-41-21-12-14(2-5-19(21)34-25(38)17-4-3-15(13-18(17)28)27(29,30)31)23-22-20(6-9-33-24(22)32)37(35-23)16-7-10-36(11-8-16)26(39)40/h2-6,9,12-13,16H,7-8,10-11H2,1H3,(H2,32,33)(H,34,38)(H,39,40). The monoisotopic (exact) mass is 572 g/mol. The third-order valence-corrected chi connectivity index (χ3v) is 6.99. The van der Waals surface area contributed by atoms with Crippen LogP contribution in [0.3, 0.4) is 0 Å². The van der Waals surface area contributed by atoms with Gasteiger partial charge in [0.15, 0.2) is 0 Å². The topological polar surface area (TPSA) is 136 Å². The lowest BCUT2D eigenvalue weighted by Gasteiger charge is -2.30. The number of benzene rings is 2. The summed E-state index contributed by atoms with van der Waals surface area (Å²) in [5.41, 5.74) is 6.37. The number of nitrogen functional groups attached to an aromatic ring is 1. The highest BCUT2D eigenvalue weighted by molar-refractivity contribution is 6.06. The first-order valence-electron chi connectivity index (χ1n) is 12.4. The highest BCUT2D eigenvalue weighted by Gasteiger charge is 2.32. The number of hydrogen-bond donors (Lipinski definition) is 3. The van der Waals surface area contributed by atoms with E-state index >= 15 is 0 Å². The lowest BCUT2D eigenvalue weighted by atomic mass is 10.0. The molecule has 2 aromatic carbocycles. The second-order valence-electron chi connectivity index (χ2n) is 9.45. The molecule has 0 saturated carbocycles. The van der Waals surface area contributed by atoms with Crippen molar-refractivity contribution in [2.45, 2.75) is 25.1 Å². The average Bonchev–Trinajstić information content (AvgIpc) is 3.33. The van der Waals surface area contributed by atoms with Gasteiger partial charge in [0.2, 0.25) is 0 Å². The lowest BCUT2D eigenvalue weighted by Crippen LogP contribution is -2.38. The zero-order chi connectivity index (χ0) is 29.5. The van der Waals surface area contributed by atoms with Crippen molar-refractivity contribution in [2.75, 3.05) is 31.2 Å². The molecule has 10 nitrogen and oxygen atoms in total. The number of fused-ring (bicyclic) bond motifs is 1. The van der Waals surface area contributed by atoms with Crippen molar-refractivity contribution < 1.29 is 37.0 Å². The van der Waals surface area contributed by atoms with E-state index in [9.17, 15) is 32.3 Å². The van der Waals surface area contributed by atoms with Crippen LogP contribution in [0.25, 0.3) is 22.2 Å². The lowest BCUT2D eigenvalue weighted by molar-refractivity contribution is -0.137. The Bertz CT molecular complexity index is 1650. The van der Waals surface area contributed by atoms with E-state index in [2.05, 4.69) is 10.3 Å². The molecule has 1 aliphatic rings. The molecule has 0 aliphatic carbocycles. The number of carbonyl (C=O) groups excluding carboxylic acids is 1. The quantitative estimate of drug-likeness (QED) is 0.272. The Hall–Kier alpha value is -4.88. The van der Waals surface area contributed by atoms with Crippen molar-refractivity contribution in [1.29, 1.82) is 0 Å². The highest BCUT2D eigenvalue weighted by Crippen LogP contribution is 2.38. The zero-order valence-corrected chi connectivity index (χ0v) is 21.6. The fraction of sp³-hybridized carbons (Fsp3) is 0.259. The van der Waals surface area contributed by atoms with Gasteiger partial charge >= 0.3 is 12.3 Å². The van der Waals surface area contributed by atoms with Crippen LogP contribution in [0.15, 0.2) is 48.7 Å². The Kier molecular flexibility index (Phi) is 7.15. The van der Waals surface area contributed by atoms with Gasteiger partial charge in [-0.15, -0.1) is 0 Å². The molecule has 0 unspecified atom stereocenters. The summed E-state index contributed by atoms with van der Waals surface area (Å²) in [5, 5.41) is 17.2. The number of ether oxygens (including phenoxy) is 1. The van der Waals surface area contributed by atoms with Gasteiger partial charge in [0.25, 0.3) is 5.91 Å². The third kappa shape index (κ3) is 5.32. The molecule has 214 valence electrons. The number of amides is 2. The average molecular weight is 573 g/mol. The van der Waals surface area contributed by atoms with Crippen molar-refractivity contribution in [1.82, 2.24) is 19.7 Å². The maximum Gasteiger partial charge on any atom is 0.416 e. The van der Waals surface area contributed by atoms with E-state index in [0.29, 0.717) is 48.6 Å². The number of nitrogens with one attached hydrogen (secondary N) is 1. The maximum atomic E-state index is 14.4. The number of anilines is 2. The molecule has 1 aliphatic heterocycles. The van der Waals surface area contributed by atoms with Crippen LogP contribution >= 0.6 is 0 Å². The molecule has 41 heavy (non-hydrogen) atoms. The summed E-state index contributed by atoms with van der Waals surface area (Å²) in [4.78, 5) is 29.6. The molecular formula is C27H24F4N6O4. The predicted octanol–water partition coefficient (Wildman–Crippen LogP) is 5.41. The molecular weight excluding hydrogens is 548 g/mol. The van der Waals surface area contributed by atoms with Gasteiger partial charge in [-0.2, -0.15) is 18.3 Å². The van der Waals surface area contributed by atoms with E-state index < -0.39 is 35.1 Å². The van der Waals surface area contributed by atoms with Gasteiger partial charge in [-0.1, -0.05) is 6.07 Å². The summed E-state index contributed by atoms with van der Waals surface area (Å²) in [6.45, 7) is 0.720. The summed E-state index contributed by atoms with van der Waals surface area (Å²) in [6.07, 6.45) is -3.05. The number of nitrogens with two attached hydrogens (primary N) is 1. The number of pyridine rings is 1. The van der Waals surface area contributed by atoms with Gasteiger partial charge in [-0.05, 0) is 49.2 Å². The number of hydrogen-bond acceptors (Lipinski definition) is 6. The number of carbonyl (C=O) groups is 2. The SMILES string of the molecule is COc1cc(-c2nn(C3CCN(C(=O)O)CC3)c3ccnc(N)c23)ccc1NC(=O)c1ccc(C(F)(F)F)cc1F. The number of nitrogens with zero attached hydrogens (tertiary/aromatic N) is 4. The molecule has 3 heterocycles. The molecule has 2 aromatic heterocycles. The van der Waals surface area contributed by atoms with Crippen molar-refractivity contribution in [3.63, 3.8) is 0 Å². The number of piperidine rings is 1. The molecule has 14 heteroatoms. The van der Waals surface area contributed by atoms with Gasteiger partial charge < -0.3 is 25.8 Å². The number of carboxylic acid groups (broad SMARTS) is 1. The van der Waals surface area contributed by atoms with E-state index in [0.717, 1.165) is 11.6 Å². The number of halogens is 4. The second-order valence-corrected chi connectivity index (χ2v) is 9.45. The Morgan fingerprint density at radius 2 is 1.85 bits per heavy atom. The normalized spacial score (nSPS) is 14.3. The minimum absolute atomic E-state index is 0.0808. The summed E-state index contributed by atoms with van der Waals surface area (Å²) >= 11 is 0. The van der Waals surface area contributed by atoms with Crippen molar-refractivity contribution in [3.05, 3.63) is 65.6 Å². The third-order valence-electron chi connectivity index (χ3n) is 6.99. The van der Waals surface area contributed by atoms with E-state index in [1.807, 2.05) is 4.68 Å². The highest BCUT2D eigenvalue weighted by atomic mass is 19.4. The van der Waals surface area contributed by atoms with Crippen LogP contribution in [0.2, 0.25) is 0 Å². The Morgan fingerprint density at radius 1 is 1.12 bits per heavy atom. The van der Waals surface area contributed by atoms with E-state index in [1.165, 1.54) is 18.1 Å². The molecule has 0 atom stereocenters. The largest absolute Gasteiger partial charge is 0.495 e. The van der Waals surface area contributed by atoms with E-state index in [4.69, 9.17) is 15.6 Å². The van der Waals surface area contributed by atoms with Gasteiger partial charge in [-0.3, -0.25) is 9.48 Å². The molecule has 1 saturated heterocycles. The number of methoxy groups -OCH3 is 1. The van der Waals surface area contributed by atoms with Crippen LogP contribution in [-0.2, 0) is 6.18 Å². The van der Waals surface area contributed by atoms with Crippen LogP contribution in [0.5, 0.6) is 5.75 Å². The van der Waals surface area contributed by atoms with Crippen LogP contribution < -0.4 is 15.8 Å². The van der Waals surface area contributed by atoms with Crippen LogP contribution in [0.4, 0.5) is 33.9 Å². The number of likely N-dealkylation sites (tertiary alicyclic amines) is 1. The molecule has 1 fully saturated rings. The molecule has 0 radical (unpaired) electrons. The van der Waals surface area contributed by atoms with Crippen molar-refractivity contribution >= 4 is 34.4 Å². The Morgan fingerprint density at radius 3 is 2.49 bits per heavy atom. The number of rotatable bonds is 5. The fourth-order valence-electron chi connectivity index (χ4n) is 4.90. The summed E-state index contributed by atoms with van der Waals surface area (Å²) in [6, 6.07) is 8.07. The Balaban J connectivity index is 1.46. The van der Waals surface area contributed by atoms with Gasteiger partial charge in [0.1, 0.15) is 23.1 Å². The fourth-order valence-corrected chi connectivity index (χ4v) is 4.90. The van der Waals surface area contributed by atoms with Crippen LogP contribution in [-0.4, -0.2) is 57.0 Å². The van der Waals surface area contributed by atoms with Crippen LogP contribution in [0.1, 0.15) is 34.8 Å². The van der Waals surface area contributed by atoms with Gasteiger partial charge in [0.05, 0.1) is 40.9 Å². The molecule has 4 aromatic rings. The smallest absolute Gasteiger partial charge is 0.416 e. The van der Waals surface area contributed by atoms with E-state index in [1.54, 1.807) is 24.4 Å². The number of alkyl halides is 3. The second kappa shape index (κ2) is 10.6. The van der Waals surface area contributed by atoms with Crippen molar-refractivity contribution in [3.8, 4) is 17.0 Å². The zero-order valence-electron chi connectivity index (χ0n) is 21.6. The summed E-state index contributed by atoms with van der Waals surface area (Å²) in [7, 11) is 1.36. The minimum Gasteiger partial charge on any atom is -0.495 e. The van der Waals surface area contributed by atoms with Gasteiger partial charge in [-0.25, -0.2) is 14.2 Å². The van der Waals surface area contributed by atoms with Crippen molar-refractivity contribution in [2.24, 2.45) is 0 Å². The van der Waals surface area contributed by atoms with E-state index in [-0.39, 0.29) is 29.4 Å². The maximum absolute atomic E-state index is 14.4. The van der Waals surface area contributed by atoms with Crippen LogP contribution in [0, 0.1) is 5.82 Å². The predicted molar refractivity (Wildman–Crippen MR) is 141 cm³/mol. The molecule has 5 rings (SSSR count). The molecule has 0 bridgehead atoms. The molecule has 4 N–H and O–H groups in total. The first kappa shape index (κ1) is 27.7. The molecule has 2 amide bonds. The number of aromatic nitrogens is 3. The minimum atomic E-state index is -4.75. The summed E-state index contributed by atoms with van der Waals surface area (Å²) in [5.74, 6) is -1.86. The first-order chi connectivity index (χ1) is 19.5. The summed E-state index contributed by atoms with van der Waals surface area (Å²) < 4.78 is 60.2. The van der Waals surface area contributed by atoms with Gasteiger partial charge in [0, 0.05) is 24.8 Å².